The number of non-ortho nitro benzene ring substituents is 1. The highest BCUT2D eigenvalue weighted by atomic mass is 32.2. The number of rotatable bonds is 6. The van der Waals surface area contributed by atoms with Gasteiger partial charge in [0.1, 0.15) is 6.04 Å². The fourth-order valence-corrected chi connectivity index (χ4v) is 4.50. The lowest BCUT2D eigenvalue weighted by Crippen LogP contribution is -2.31. The van der Waals surface area contributed by atoms with E-state index in [1.54, 1.807) is 28.6 Å². The molecule has 1 atom stereocenters. The first-order chi connectivity index (χ1) is 13.6. The largest absolute Gasteiger partial charge is 0.328 e. The molecular formula is C19H21N5O3S. The number of hydrogen-bond acceptors (Lipinski definition) is 7. The van der Waals surface area contributed by atoms with Crippen molar-refractivity contribution in [2.24, 2.45) is 0 Å². The molecule has 0 bridgehead atoms. The molecule has 0 fully saturated rings. The number of thioether (sulfide) groups is 1. The van der Waals surface area contributed by atoms with E-state index in [1.807, 2.05) is 0 Å². The zero-order valence-electron chi connectivity index (χ0n) is 15.6. The van der Waals surface area contributed by atoms with E-state index >= 15 is 0 Å². The van der Waals surface area contributed by atoms with Gasteiger partial charge in [0, 0.05) is 35.6 Å². The first-order valence-corrected chi connectivity index (χ1v) is 10.4. The van der Waals surface area contributed by atoms with Crippen LogP contribution in [0.3, 0.4) is 0 Å². The monoisotopic (exact) mass is 399 g/mol. The number of aromatic nitrogens is 3. The van der Waals surface area contributed by atoms with Gasteiger partial charge < -0.3 is 5.32 Å². The van der Waals surface area contributed by atoms with Gasteiger partial charge >= 0.3 is 0 Å². The summed E-state index contributed by atoms with van der Waals surface area (Å²) < 4.78 is 1.75. The second kappa shape index (κ2) is 7.75. The first kappa shape index (κ1) is 18.7. The average Bonchev–Trinajstić information content (AvgIpc) is 3.09. The minimum absolute atomic E-state index is 0.0245. The van der Waals surface area contributed by atoms with Crippen LogP contribution in [0.4, 0.5) is 11.6 Å². The van der Waals surface area contributed by atoms with E-state index in [9.17, 15) is 14.9 Å². The molecule has 1 aliphatic carbocycles. The van der Waals surface area contributed by atoms with E-state index in [-0.39, 0.29) is 11.5 Å². The fraction of sp³-hybridized carbons (Fsp3) is 0.421. The molecule has 9 heteroatoms. The lowest BCUT2D eigenvalue weighted by Gasteiger charge is -2.32. The predicted octanol–water partition coefficient (Wildman–Crippen LogP) is 4.10. The molecule has 0 spiro atoms. The average molecular weight is 399 g/mol. The maximum absolute atomic E-state index is 12.7. The third kappa shape index (κ3) is 3.42. The SMILES string of the molecule is CCCCSc1nc2n(n1)C(c1ccc([N+](=O)[O-])cc1)C1=C(CCCC1=O)N2. The fourth-order valence-electron chi connectivity index (χ4n) is 3.59. The van der Waals surface area contributed by atoms with Crippen LogP contribution in [0.15, 0.2) is 40.7 Å². The Bertz CT molecular complexity index is 951. The number of nitro benzene ring substituents is 1. The third-order valence-corrected chi connectivity index (χ3v) is 5.92. The second-order valence-corrected chi connectivity index (χ2v) is 7.97. The molecule has 0 saturated carbocycles. The molecule has 2 aliphatic rings. The van der Waals surface area contributed by atoms with E-state index in [0.717, 1.165) is 42.7 Å². The van der Waals surface area contributed by atoms with Crippen LogP contribution in [0, 0.1) is 10.1 Å². The molecule has 1 aliphatic heterocycles. The zero-order valence-corrected chi connectivity index (χ0v) is 16.4. The topological polar surface area (TPSA) is 103 Å². The summed E-state index contributed by atoms with van der Waals surface area (Å²) in [6.07, 6.45) is 4.29. The molecular weight excluding hydrogens is 378 g/mol. The van der Waals surface area contributed by atoms with Crippen LogP contribution in [0.5, 0.6) is 0 Å². The van der Waals surface area contributed by atoms with E-state index in [4.69, 9.17) is 0 Å². The van der Waals surface area contributed by atoms with Gasteiger partial charge in [-0.25, -0.2) is 4.68 Å². The predicted molar refractivity (Wildman–Crippen MR) is 106 cm³/mol. The first-order valence-electron chi connectivity index (χ1n) is 9.45. The van der Waals surface area contributed by atoms with E-state index < -0.39 is 11.0 Å². The Labute approximate surface area is 166 Å². The van der Waals surface area contributed by atoms with Gasteiger partial charge in [-0.1, -0.05) is 25.1 Å². The van der Waals surface area contributed by atoms with Gasteiger partial charge in [0.25, 0.3) is 5.69 Å². The van der Waals surface area contributed by atoms with Gasteiger partial charge in [-0.15, -0.1) is 5.10 Å². The lowest BCUT2D eigenvalue weighted by molar-refractivity contribution is -0.384. The van der Waals surface area contributed by atoms with E-state index in [0.29, 0.717) is 23.1 Å². The van der Waals surface area contributed by atoms with Crippen molar-refractivity contribution in [1.82, 2.24) is 14.8 Å². The number of Topliss-reactive ketones (excluding diaryl/α,β-unsaturated/α-hetero) is 1. The molecule has 0 amide bonds. The molecule has 2 aromatic rings. The molecule has 4 rings (SSSR count). The summed E-state index contributed by atoms with van der Waals surface area (Å²) in [6.45, 7) is 2.14. The van der Waals surface area contributed by atoms with Crippen LogP contribution >= 0.6 is 11.8 Å². The second-order valence-electron chi connectivity index (χ2n) is 6.91. The Hall–Kier alpha value is -2.68. The van der Waals surface area contributed by atoms with Gasteiger partial charge in [-0.3, -0.25) is 14.9 Å². The van der Waals surface area contributed by atoms with E-state index in [1.165, 1.54) is 12.1 Å². The minimum Gasteiger partial charge on any atom is -0.328 e. The summed E-state index contributed by atoms with van der Waals surface area (Å²) in [5, 5.41) is 19.6. The van der Waals surface area contributed by atoms with Crippen LogP contribution in [0.25, 0.3) is 0 Å². The number of ketones is 1. The lowest BCUT2D eigenvalue weighted by atomic mass is 9.85. The van der Waals surface area contributed by atoms with Gasteiger partial charge in [-0.05, 0) is 37.0 Å². The van der Waals surface area contributed by atoms with Crippen molar-refractivity contribution < 1.29 is 9.72 Å². The molecule has 1 aromatic heterocycles. The molecule has 28 heavy (non-hydrogen) atoms. The number of carbonyl (C=O) groups excluding carboxylic acids is 1. The van der Waals surface area contributed by atoms with Crippen LogP contribution in [-0.2, 0) is 4.79 Å². The maximum atomic E-state index is 12.7. The van der Waals surface area contributed by atoms with Crippen molar-refractivity contribution in [3.8, 4) is 0 Å². The summed E-state index contributed by atoms with van der Waals surface area (Å²) in [4.78, 5) is 27.9. The highest BCUT2D eigenvalue weighted by Crippen LogP contribution is 2.40. The van der Waals surface area contributed by atoms with Gasteiger partial charge in [0.15, 0.2) is 5.78 Å². The summed E-state index contributed by atoms with van der Waals surface area (Å²) in [7, 11) is 0. The molecule has 0 saturated heterocycles. The number of nitrogens with zero attached hydrogens (tertiary/aromatic N) is 4. The third-order valence-electron chi connectivity index (χ3n) is 5.00. The highest BCUT2D eigenvalue weighted by molar-refractivity contribution is 7.99. The summed E-state index contributed by atoms with van der Waals surface area (Å²) in [6, 6.07) is 5.94. The molecule has 1 unspecified atom stereocenters. The number of carbonyl (C=O) groups is 1. The Kier molecular flexibility index (Phi) is 5.17. The number of allylic oxidation sites excluding steroid dienone is 2. The molecule has 8 nitrogen and oxygen atoms in total. The van der Waals surface area contributed by atoms with Crippen molar-refractivity contribution in [3.63, 3.8) is 0 Å². The van der Waals surface area contributed by atoms with Crippen molar-refractivity contribution >= 4 is 29.2 Å². The van der Waals surface area contributed by atoms with Crippen molar-refractivity contribution in [2.45, 2.75) is 50.2 Å². The molecule has 1 N–H and O–H groups in total. The number of anilines is 1. The summed E-state index contributed by atoms with van der Waals surface area (Å²) >= 11 is 1.60. The maximum Gasteiger partial charge on any atom is 0.269 e. The number of benzene rings is 1. The molecule has 2 heterocycles. The van der Waals surface area contributed by atoms with Crippen molar-refractivity contribution in [2.75, 3.05) is 11.1 Å². The minimum atomic E-state index is -0.425. The van der Waals surface area contributed by atoms with Crippen LogP contribution in [-0.4, -0.2) is 31.2 Å². The summed E-state index contributed by atoms with van der Waals surface area (Å²) in [5.41, 5.74) is 2.41. The van der Waals surface area contributed by atoms with Gasteiger partial charge in [-0.2, -0.15) is 4.98 Å². The molecule has 146 valence electrons. The van der Waals surface area contributed by atoms with Crippen molar-refractivity contribution in [3.05, 3.63) is 51.2 Å². The molecule has 0 radical (unpaired) electrons. The highest BCUT2D eigenvalue weighted by Gasteiger charge is 2.36. The summed E-state index contributed by atoms with van der Waals surface area (Å²) in [5.74, 6) is 1.66. The standard InChI is InChI=1S/C19H21N5O3S/c1-2-3-11-28-19-21-18-20-14-5-4-6-15(25)16(14)17(23(18)22-19)12-7-9-13(10-8-12)24(26)27/h7-10,17H,2-6,11H2,1H3,(H,20,21,22). The number of unbranched alkanes of at least 4 members (excludes halogenated alkanes) is 1. The van der Waals surface area contributed by atoms with Gasteiger partial charge in [0.2, 0.25) is 11.1 Å². The Morgan fingerprint density at radius 1 is 1.32 bits per heavy atom. The van der Waals surface area contributed by atoms with E-state index in [2.05, 4.69) is 22.3 Å². The quantitative estimate of drug-likeness (QED) is 0.337. The number of nitro groups is 1. The zero-order chi connectivity index (χ0) is 19.7. The Morgan fingerprint density at radius 2 is 2.11 bits per heavy atom. The van der Waals surface area contributed by atoms with Gasteiger partial charge in [0.05, 0.1) is 4.92 Å². The molecule has 1 aromatic carbocycles. The van der Waals surface area contributed by atoms with Crippen LogP contribution < -0.4 is 5.32 Å². The van der Waals surface area contributed by atoms with Crippen molar-refractivity contribution in [1.29, 1.82) is 0 Å². The number of nitrogens with one attached hydrogen (secondary N) is 1. The normalized spacial score (nSPS) is 18.5. The van der Waals surface area contributed by atoms with Crippen LogP contribution in [0.2, 0.25) is 0 Å². The van der Waals surface area contributed by atoms with Crippen LogP contribution in [0.1, 0.15) is 50.6 Å². The number of hydrogen-bond donors (Lipinski definition) is 1. The smallest absolute Gasteiger partial charge is 0.269 e. The Morgan fingerprint density at radius 3 is 2.82 bits per heavy atom. The number of fused-ring (bicyclic) bond motifs is 1. The Balaban J connectivity index is 1.75.